The van der Waals surface area contributed by atoms with Gasteiger partial charge in [0, 0.05) is 12.0 Å². The molecule has 2 aromatic rings. The molecule has 0 radical (unpaired) electrons. The second-order valence-electron chi connectivity index (χ2n) is 10.7. The maximum atomic E-state index is 13.7. The van der Waals surface area contributed by atoms with Gasteiger partial charge in [-0.25, -0.2) is 4.79 Å². The average molecular weight is 484 g/mol. The van der Waals surface area contributed by atoms with Crippen LogP contribution < -0.4 is 0 Å². The van der Waals surface area contributed by atoms with E-state index in [9.17, 15) is 19.2 Å². The molecule has 6 heteroatoms. The minimum absolute atomic E-state index is 0.0712. The lowest BCUT2D eigenvalue weighted by atomic mass is 9.63. The number of ketones is 1. The van der Waals surface area contributed by atoms with Gasteiger partial charge in [0.05, 0.1) is 11.8 Å². The summed E-state index contributed by atoms with van der Waals surface area (Å²) in [5, 5.41) is 0. The Kier molecular flexibility index (Phi) is 5.43. The Morgan fingerprint density at radius 3 is 2.08 bits per heavy atom. The molecule has 2 aromatic carbocycles. The van der Waals surface area contributed by atoms with Crippen molar-refractivity contribution in [2.75, 3.05) is 0 Å². The van der Waals surface area contributed by atoms with Crippen molar-refractivity contribution in [1.82, 2.24) is 4.90 Å². The van der Waals surface area contributed by atoms with Crippen LogP contribution in [0.3, 0.4) is 0 Å². The highest BCUT2D eigenvalue weighted by atomic mass is 16.5. The van der Waals surface area contributed by atoms with Crippen LogP contribution in [0.4, 0.5) is 0 Å². The molecule has 7 rings (SSSR count). The molecule has 0 spiro atoms. The Bertz CT molecular complexity index is 1230. The van der Waals surface area contributed by atoms with Crippen LogP contribution in [0.2, 0.25) is 0 Å². The fourth-order valence-corrected chi connectivity index (χ4v) is 6.66. The first kappa shape index (κ1) is 22.9. The Morgan fingerprint density at radius 1 is 0.917 bits per heavy atom. The quantitative estimate of drug-likeness (QED) is 0.259. The van der Waals surface area contributed by atoms with E-state index in [-0.39, 0.29) is 35.9 Å². The number of aryl methyl sites for hydroxylation is 1. The van der Waals surface area contributed by atoms with Gasteiger partial charge >= 0.3 is 5.97 Å². The number of nitrogens with zero attached hydrogens (tertiary/aromatic N) is 1. The molecule has 184 valence electrons. The number of likely N-dealkylation sites (tertiary alicyclic amines) is 1. The number of amides is 2. The van der Waals surface area contributed by atoms with Crippen LogP contribution in [-0.2, 0) is 25.5 Å². The van der Waals surface area contributed by atoms with Gasteiger partial charge in [-0.1, -0.05) is 72.3 Å². The van der Waals surface area contributed by atoms with E-state index in [2.05, 4.69) is 12.2 Å². The Morgan fingerprint density at radius 2 is 1.50 bits per heavy atom. The molecular formula is C30H29NO5. The van der Waals surface area contributed by atoms with Gasteiger partial charge in [-0.05, 0) is 49.5 Å². The second-order valence-corrected chi connectivity index (χ2v) is 10.7. The highest BCUT2D eigenvalue weighted by Gasteiger charge is 2.68. The van der Waals surface area contributed by atoms with E-state index in [0.29, 0.717) is 17.4 Å². The molecule has 2 amide bonds. The van der Waals surface area contributed by atoms with Crippen LogP contribution >= 0.6 is 0 Å². The van der Waals surface area contributed by atoms with Crippen LogP contribution in [0, 0.1) is 42.4 Å². The van der Waals surface area contributed by atoms with E-state index < -0.39 is 30.0 Å². The summed E-state index contributed by atoms with van der Waals surface area (Å²) in [7, 11) is 0. The minimum Gasteiger partial charge on any atom is -0.453 e. The first-order valence-electron chi connectivity index (χ1n) is 12.8. The molecule has 1 heterocycles. The number of rotatable bonds is 7. The molecule has 2 bridgehead atoms. The maximum absolute atomic E-state index is 13.7. The van der Waals surface area contributed by atoms with Gasteiger partial charge in [-0.3, -0.25) is 19.3 Å². The molecule has 0 aromatic heterocycles. The van der Waals surface area contributed by atoms with Crippen molar-refractivity contribution < 1.29 is 23.9 Å². The topological polar surface area (TPSA) is 80.8 Å². The third-order valence-electron chi connectivity index (χ3n) is 8.55. The molecular weight excluding hydrogens is 454 g/mol. The van der Waals surface area contributed by atoms with Crippen molar-refractivity contribution in [1.29, 1.82) is 0 Å². The predicted octanol–water partition coefficient (Wildman–Crippen LogP) is 3.77. The van der Waals surface area contributed by atoms with E-state index in [1.165, 1.54) is 11.8 Å². The monoisotopic (exact) mass is 483 g/mol. The first-order valence-corrected chi connectivity index (χ1v) is 12.8. The molecule has 36 heavy (non-hydrogen) atoms. The van der Waals surface area contributed by atoms with Gasteiger partial charge in [0.25, 0.3) is 0 Å². The van der Waals surface area contributed by atoms with Gasteiger partial charge < -0.3 is 4.74 Å². The normalized spacial score (nSPS) is 31.0. The molecule has 2 saturated carbocycles. The zero-order valence-corrected chi connectivity index (χ0v) is 20.4. The molecule has 1 saturated heterocycles. The van der Waals surface area contributed by atoms with Gasteiger partial charge in [0.1, 0.15) is 6.04 Å². The number of benzene rings is 2. The summed E-state index contributed by atoms with van der Waals surface area (Å²) >= 11 is 0. The summed E-state index contributed by atoms with van der Waals surface area (Å²) in [4.78, 5) is 55.1. The number of allylic oxidation sites excluding steroid dienone is 2. The number of hydrogen-bond acceptors (Lipinski definition) is 5. The number of esters is 1. The van der Waals surface area contributed by atoms with Gasteiger partial charge in [0.15, 0.2) is 6.10 Å². The lowest BCUT2D eigenvalue weighted by molar-refractivity contribution is -0.160. The molecule has 0 unspecified atom stereocenters. The molecule has 3 fully saturated rings. The van der Waals surface area contributed by atoms with Gasteiger partial charge in [-0.15, -0.1) is 0 Å². The number of Topliss-reactive ketones (excluding diaryl/α,β-unsaturated/α-hetero) is 1. The zero-order valence-electron chi connectivity index (χ0n) is 20.4. The molecule has 1 aliphatic heterocycles. The standard InChI is InChI=1S/C30H29NO5/c1-16-8-10-19(11-9-16)27(32)17(2)36-30(35)24(14-18-6-4-3-5-7-18)31-28(33)25-20-12-13-21(23-15-22(20)23)26(25)29(31)34/h3-13,17,20-26H,14-15H2,1-2H3/t17-,20+,21+,22+,23+,24-,25-,26+/m0/s1. The van der Waals surface area contributed by atoms with Gasteiger partial charge in [0.2, 0.25) is 17.6 Å². The lowest BCUT2D eigenvalue weighted by Crippen LogP contribution is -2.49. The smallest absolute Gasteiger partial charge is 0.330 e. The highest BCUT2D eigenvalue weighted by molar-refractivity contribution is 6.09. The van der Waals surface area contributed by atoms with Crippen LogP contribution in [0.15, 0.2) is 66.7 Å². The zero-order chi connectivity index (χ0) is 25.1. The SMILES string of the molecule is Cc1ccc(C(=O)[C@H](C)OC(=O)[C@H](Cc2ccccc2)N2C(=O)[C@@H]3[C@@H]4C=C[C@H]([C@H]5C[C@H]45)[C@@H]3C2=O)cc1. The van der Waals surface area contributed by atoms with Crippen molar-refractivity contribution >= 4 is 23.6 Å². The fraction of sp³-hybridized carbons (Fsp3) is 0.400. The van der Waals surface area contributed by atoms with Crippen molar-refractivity contribution in [3.05, 3.63) is 83.4 Å². The third-order valence-corrected chi connectivity index (χ3v) is 8.55. The fourth-order valence-electron chi connectivity index (χ4n) is 6.66. The first-order chi connectivity index (χ1) is 17.3. The van der Waals surface area contributed by atoms with Crippen molar-refractivity contribution in [2.24, 2.45) is 35.5 Å². The lowest BCUT2D eigenvalue weighted by Gasteiger charge is -2.37. The van der Waals surface area contributed by atoms with Crippen LogP contribution in [0.5, 0.6) is 0 Å². The Balaban J connectivity index is 1.27. The minimum atomic E-state index is -1.11. The van der Waals surface area contributed by atoms with Crippen molar-refractivity contribution in [3.63, 3.8) is 0 Å². The summed E-state index contributed by atoms with van der Waals surface area (Å²) in [5.41, 5.74) is 2.28. The van der Waals surface area contributed by atoms with Crippen molar-refractivity contribution in [3.8, 4) is 0 Å². The maximum Gasteiger partial charge on any atom is 0.330 e. The number of hydrogen-bond donors (Lipinski definition) is 0. The van der Waals surface area contributed by atoms with Crippen molar-refractivity contribution in [2.45, 2.75) is 38.8 Å². The summed E-state index contributed by atoms with van der Waals surface area (Å²) < 4.78 is 5.64. The summed E-state index contributed by atoms with van der Waals surface area (Å²) in [5.74, 6) is -1.29. The summed E-state index contributed by atoms with van der Waals surface area (Å²) in [6, 6.07) is 15.3. The third kappa shape index (κ3) is 3.62. The van der Waals surface area contributed by atoms with Crippen LogP contribution in [0.25, 0.3) is 0 Å². The predicted molar refractivity (Wildman–Crippen MR) is 132 cm³/mol. The van der Waals surface area contributed by atoms with Crippen LogP contribution in [-0.4, -0.2) is 40.6 Å². The van der Waals surface area contributed by atoms with E-state index in [4.69, 9.17) is 4.74 Å². The molecule has 0 N–H and O–H groups in total. The molecule has 8 atom stereocenters. The van der Waals surface area contributed by atoms with E-state index >= 15 is 0 Å². The summed E-state index contributed by atoms with van der Waals surface area (Å²) in [6.07, 6.45) is 4.41. The number of carbonyl (C=O) groups is 4. The molecule has 4 aliphatic carbocycles. The van der Waals surface area contributed by atoms with E-state index in [1.54, 1.807) is 12.1 Å². The molecule has 5 aliphatic rings. The Hall–Kier alpha value is -3.54. The largest absolute Gasteiger partial charge is 0.453 e. The number of ether oxygens (including phenoxy) is 1. The number of imide groups is 1. The van der Waals surface area contributed by atoms with Gasteiger partial charge in [-0.2, -0.15) is 0 Å². The second kappa shape index (κ2) is 8.54. The van der Waals surface area contributed by atoms with Crippen LogP contribution in [0.1, 0.15) is 34.8 Å². The molecule has 6 nitrogen and oxygen atoms in total. The summed E-state index contributed by atoms with van der Waals surface area (Å²) in [6.45, 7) is 3.46. The Labute approximate surface area is 210 Å². The highest BCUT2D eigenvalue weighted by Crippen LogP contribution is 2.65. The number of carbonyl (C=O) groups excluding carboxylic acids is 4. The average Bonchev–Trinajstić information content (AvgIpc) is 3.67. The van der Waals surface area contributed by atoms with E-state index in [0.717, 1.165) is 17.5 Å². The van der Waals surface area contributed by atoms with E-state index in [1.807, 2.05) is 49.4 Å².